The lowest BCUT2D eigenvalue weighted by Crippen LogP contribution is -2.58. The molecule has 0 radical (unpaired) electrons. The van der Waals surface area contributed by atoms with Gasteiger partial charge in [0.2, 0.25) is 16.0 Å². The van der Waals surface area contributed by atoms with Crippen molar-refractivity contribution in [1.29, 1.82) is 0 Å². The first kappa shape index (κ1) is 27.2. The average molecular weight is 567 g/mol. The first-order valence-corrected chi connectivity index (χ1v) is 14.8. The van der Waals surface area contributed by atoms with Crippen molar-refractivity contribution in [3.8, 4) is 11.3 Å². The topological polar surface area (TPSA) is 133 Å². The molecule has 0 spiro atoms. The van der Waals surface area contributed by atoms with Gasteiger partial charge in [0, 0.05) is 17.6 Å². The molecule has 4 atom stereocenters. The highest BCUT2D eigenvalue weighted by atomic mass is 35.5. The van der Waals surface area contributed by atoms with Gasteiger partial charge in [0.25, 0.3) is 0 Å². The summed E-state index contributed by atoms with van der Waals surface area (Å²) in [6.45, 7) is 7.06. The molecule has 2 aliphatic heterocycles. The van der Waals surface area contributed by atoms with E-state index >= 15 is 4.39 Å². The number of imidazole rings is 1. The lowest BCUT2D eigenvalue weighted by molar-refractivity contribution is 0.0472. The fourth-order valence-electron chi connectivity index (χ4n) is 5.84. The number of anilines is 1. The van der Waals surface area contributed by atoms with Gasteiger partial charge in [0.05, 0.1) is 46.9 Å². The highest BCUT2D eigenvalue weighted by Gasteiger charge is 2.50. The maximum atomic E-state index is 15.3. The molecule has 0 aliphatic carbocycles. The van der Waals surface area contributed by atoms with Crippen LogP contribution in [0.1, 0.15) is 58.8 Å². The second-order valence-electron chi connectivity index (χ2n) is 11.0. The molecule has 2 saturated heterocycles. The molecule has 2 fully saturated rings. The Balaban J connectivity index is 1.51. The zero-order chi connectivity index (χ0) is 27.7. The first-order valence-electron chi connectivity index (χ1n) is 12.6. The lowest BCUT2D eigenvalue weighted by Gasteiger charge is -2.41. The molecular formula is C25H32ClFN6O4S. The smallest absolute Gasteiger partial charge is 0.223 e. The van der Waals surface area contributed by atoms with Gasteiger partial charge in [-0.3, -0.25) is 0 Å². The van der Waals surface area contributed by atoms with E-state index < -0.39 is 39.6 Å². The molecule has 206 valence electrons. The zero-order valence-corrected chi connectivity index (χ0v) is 23.4. The molecule has 3 N–H and O–H groups in total. The minimum Gasteiger partial charge on any atom is -0.389 e. The fraction of sp³-hybridized carbons (Fsp3) is 0.560. The van der Waals surface area contributed by atoms with Gasteiger partial charge in [-0.2, -0.15) is 4.31 Å². The minimum absolute atomic E-state index is 0.108. The number of aliphatic hydroxyl groups excluding tert-OH is 1. The zero-order valence-electron chi connectivity index (χ0n) is 21.9. The molecular weight excluding hydrogens is 535 g/mol. The summed E-state index contributed by atoms with van der Waals surface area (Å²) in [7, 11) is -3.44. The molecule has 13 heteroatoms. The van der Waals surface area contributed by atoms with Gasteiger partial charge in [0.1, 0.15) is 16.9 Å². The minimum atomic E-state index is -3.44. The number of nitrogens with zero attached hydrogens (tertiary/aromatic N) is 5. The van der Waals surface area contributed by atoms with Crippen LogP contribution < -0.4 is 5.32 Å². The standard InChI is InChI=1S/C25H32ClFN6O4S/c1-12(2)32-19-9-13(8-16(27)21(19)30-23(32)25(3,4)35)20-15(26)11-28-24(31-20)29-17-10-14-6-7-18(22(17)34)33(14)38(5,36)37/h8-9,11-12,14,17-18,22,34-35H,6-7,10H2,1-5H3,(H,28,29,31)/t14-,17+,18+,22-/m1/s1. The molecule has 2 bridgehead atoms. The predicted molar refractivity (Wildman–Crippen MR) is 143 cm³/mol. The van der Waals surface area contributed by atoms with Crippen LogP contribution in [0.5, 0.6) is 0 Å². The predicted octanol–water partition coefficient (Wildman–Crippen LogP) is 3.43. The molecule has 3 aromatic rings. The van der Waals surface area contributed by atoms with E-state index in [1.54, 1.807) is 24.5 Å². The van der Waals surface area contributed by atoms with Crippen LogP contribution in [0.15, 0.2) is 18.3 Å². The van der Waals surface area contributed by atoms with E-state index in [4.69, 9.17) is 11.6 Å². The summed E-state index contributed by atoms with van der Waals surface area (Å²) in [5.74, 6) is -0.0406. The van der Waals surface area contributed by atoms with Gasteiger partial charge in [-0.25, -0.2) is 27.8 Å². The maximum absolute atomic E-state index is 15.3. The summed E-state index contributed by atoms with van der Waals surface area (Å²) in [5.41, 5.74) is 0.0436. The third kappa shape index (κ3) is 4.66. The van der Waals surface area contributed by atoms with E-state index in [-0.39, 0.29) is 34.3 Å². The summed E-state index contributed by atoms with van der Waals surface area (Å²) < 4.78 is 43.0. The van der Waals surface area contributed by atoms with Crippen molar-refractivity contribution in [1.82, 2.24) is 23.8 Å². The van der Waals surface area contributed by atoms with Crippen LogP contribution in [-0.4, -0.2) is 72.9 Å². The first-order chi connectivity index (χ1) is 17.7. The SMILES string of the molecule is CC(C)n1c(C(C)(C)O)nc2c(F)cc(-c3nc(N[C@H]4C[C@H]5CC[C@@H]([C@@H]4O)N5S(C)(=O)=O)ncc3Cl)cc21. The van der Waals surface area contributed by atoms with Gasteiger partial charge in [-0.15, -0.1) is 0 Å². The van der Waals surface area contributed by atoms with Crippen LogP contribution >= 0.6 is 11.6 Å². The third-order valence-electron chi connectivity index (χ3n) is 7.34. The van der Waals surface area contributed by atoms with E-state index in [0.29, 0.717) is 36.2 Å². The number of hydrogen-bond donors (Lipinski definition) is 3. The van der Waals surface area contributed by atoms with Crippen LogP contribution in [0, 0.1) is 5.82 Å². The van der Waals surface area contributed by atoms with E-state index in [2.05, 4.69) is 20.3 Å². The number of aliphatic hydroxyl groups is 2. The van der Waals surface area contributed by atoms with E-state index in [1.807, 2.05) is 13.8 Å². The van der Waals surface area contributed by atoms with E-state index in [9.17, 15) is 18.6 Å². The Hall–Kier alpha value is -2.38. The Morgan fingerprint density at radius 1 is 1.24 bits per heavy atom. The van der Waals surface area contributed by atoms with E-state index in [0.717, 1.165) is 0 Å². The summed E-state index contributed by atoms with van der Waals surface area (Å²) in [5, 5.41) is 25.0. The number of fused-ring (bicyclic) bond motifs is 3. The Morgan fingerprint density at radius 3 is 2.58 bits per heavy atom. The highest BCUT2D eigenvalue weighted by Crippen LogP contribution is 2.39. The van der Waals surface area contributed by atoms with Gasteiger partial charge in [-0.1, -0.05) is 11.6 Å². The molecule has 2 aromatic heterocycles. The Morgan fingerprint density at radius 2 is 1.95 bits per heavy atom. The monoisotopic (exact) mass is 566 g/mol. The van der Waals surface area contributed by atoms with Crippen molar-refractivity contribution < 1.29 is 23.0 Å². The molecule has 10 nitrogen and oxygen atoms in total. The van der Waals surface area contributed by atoms with Gasteiger partial charge in [-0.05, 0) is 59.1 Å². The number of halogens is 2. The van der Waals surface area contributed by atoms with Crippen LogP contribution in [0.3, 0.4) is 0 Å². The van der Waals surface area contributed by atoms with Gasteiger partial charge < -0.3 is 20.1 Å². The van der Waals surface area contributed by atoms with Crippen molar-refractivity contribution in [2.24, 2.45) is 0 Å². The average Bonchev–Trinajstić information content (AvgIpc) is 3.37. The molecule has 5 rings (SSSR count). The van der Waals surface area contributed by atoms with Crippen molar-refractivity contribution >= 4 is 38.6 Å². The Bertz CT molecular complexity index is 1510. The van der Waals surface area contributed by atoms with Crippen LogP contribution in [-0.2, 0) is 15.6 Å². The van der Waals surface area contributed by atoms with Crippen LogP contribution in [0.4, 0.5) is 10.3 Å². The third-order valence-corrected chi connectivity index (χ3v) is 8.95. The number of piperidine rings is 1. The second-order valence-corrected chi connectivity index (χ2v) is 13.3. The highest BCUT2D eigenvalue weighted by molar-refractivity contribution is 7.88. The Kier molecular flexibility index (Phi) is 6.71. The summed E-state index contributed by atoms with van der Waals surface area (Å²) in [4.78, 5) is 13.2. The molecule has 0 amide bonds. The molecule has 1 aromatic carbocycles. The normalized spacial score (nSPS) is 24.5. The number of sulfonamides is 1. The number of rotatable bonds is 6. The molecule has 2 aliphatic rings. The summed E-state index contributed by atoms with van der Waals surface area (Å²) >= 11 is 6.45. The molecule has 38 heavy (non-hydrogen) atoms. The van der Waals surface area contributed by atoms with Gasteiger partial charge >= 0.3 is 0 Å². The van der Waals surface area contributed by atoms with E-state index in [1.165, 1.54) is 22.8 Å². The quantitative estimate of drug-likeness (QED) is 0.413. The number of aromatic nitrogens is 4. The van der Waals surface area contributed by atoms with Crippen LogP contribution in [0.2, 0.25) is 5.02 Å². The van der Waals surface area contributed by atoms with Crippen molar-refractivity contribution in [2.45, 2.75) is 82.8 Å². The molecule has 0 unspecified atom stereocenters. The van der Waals surface area contributed by atoms with Crippen molar-refractivity contribution in [3.63, 3.8) is 0 Å². The number of benzene rings is 1. The maximum Gasteiger partial charge on any atom is 0.223 e. The molecule has 0 saturated carbocycles. The fourth-order valence-corrected chi connectivity index (χ4v) is 7.50. The molecule has 4 heterocycles. The van der Waals surface area contributed by atoms with Crippen molar-refractivity contribution in [2.75, 3.05) is 11.6 Å². The van der Waals surface area contributed by atoms with Crippen molar-refractivity contribution in [3.05, 3.63) is 35.0 Å². The lowest BCUT2D eigenvalue weighted by atomic mass is 9.96. The number of hydrogen-bond acceptors (Lipinski definition) is 8. The summed E-state index contributed by atoms with van der Waals surface area (Å²) in [6, 6.07) is 1.75. The Labute approximate surface area is 225 Å². The second kappa shape index (κ2) is 9.37. The van der Waals surface area contributed by atoms with Crippen LogP contribution in [0.25, 0.3) is 22.3 Å². The van der Waals surface area contributed by atoms with Gasteiger partial charge in [0.15, 0.2) is 5.82 Å². The largest absolute Gasteiger partial charge is 0.389 e. The number of nitrogens with one attached hydrogen (secondary N) is 1. The summed E-state index contributed by atoms with van der Waals surface area (Å²) in [6.07, 6.45) is 3.29.